The standard InChI is InChI=1S/C20H27N5O5S/c26-17-14(3-1-5-21-17)22-18(27)15-13-24(20(29)23-8-10-30-11-9-23)6-7-25(15)19(28)16-4-2-12-31-16/h2,4,12,14-15H,1,3,5-11,13H2,(H,21,26)(H,22,27)/t14-,15+/m0/s1. The molecule has 1 aromatic heterocycles. The van der Waals surface area contributed by atoms with Gasteiger partial charge in [0.05, 0.1) is 24.6 Å². The van der Waals surface area contributed by atoms with Gasteiger partial charge < -0.3 is 30.1 Å². The van der Waals surface area contributed by atoms with Crippen LogP contribution in [-0.4, -0.2) is 103 Å². The number of nitrogens with zero attached hydrogens (tertiary/aromatic N) is 3. The van der Waals surface area contributed by atoms with E-state index in [-0.39, 0.29) is 30.9 Å². The summed E-state index contributed by atoms with van der Waals surface area (Å²) >= 11 is 1.31. The molecule has 10 nitrogen and oxygen atoms in total. The number of carbonyl (C=O) groups excluding carboxylic acids is 4. The molecule has 4 rings (SSSR count). The monoisotopic (exact) mass is 449 g/mol. The number of amides is 5. The number of rotatable bonds is 3. The van der Waals surface area contributed by atoms with Gasteiger partial charge in [0.2, 0.25) is 11.8 Å². The van der Waals surface area contributed by atoms with Crippen molar-refractivity contribution < 1.29 is 23.9 Å². The fourth-order valence-electron chi connectivity index (χ4n) is 4.10. The first-order valence-corrected chi connectivity index (χ1v) is 11.5. The molecule has 168 valence electrons. The van der Waals surface area contributed by atoms with Gasteiger partial charge in [0.1, 0.15) is 12.1 Å². The van der Waals surface area contributed by atoms with E-state index < -0.39 is 18.0 Å². The Balaban J connectivity index is 1.50. The summed E-state index contributed by atoms with van der Waals surface area (Å²) in [5.74, 6) is -0.860. The summed E-state index contributed by atoms with van der Waals surface area (Å²) in [7, 11) is 0. The van der Waals surface area contributed by atoms with Crippen LogP contribution < -0.4 is 10.6 Å². The summed E-state index contributed by atoms with van der Waals surface area (Å²) in [6.07, 6.45) is 1.33. The zero-order valence-corrected chi connectivity index (χ0v) is 18.1. The van der Waals surface area contributed by atoms with Gasteiger partial charge in [-0.3, -0.25) is 14.4 Å². The van der Waals surface area contributed by atoms with Gasteiger partial charge in [0.15, 0.2) is 0 Å². The number of thiophene rings is 1. The van der Waals surface area contributed by atoms with E-state index in [1.165, 1.54) is 16.2 Å². The second-order valence-corrected chi connectivity index (χ2v) is 8.76. The van der Waals surface area contributed by atoms with E-state index in [0.717, 1.165) is 6.42 Å². The van der Waals surface area contributed by atoms with Gasteiger partial charge in [-0.05, 0) is 24.3 Å². The van der Waals surface area contributed by atoms with Crippen molar-refractivity contribution in [1.29, 1.82) is 0 Å². The maximum atomic E-state index is 13.2. The molecule has 5 amide bonds. The summed E-state index contributed by atoms with van der Waals surface area (Å²) in [6, 6.07) is 1.88. The fourth-order valence-corrected chi connectivity index (χ4v) is 4.78. The molecule has 0 bridgehead atoms. The van der Waals surface area contributed by atoms with Crippen molar-refractivity contribution in [1.82, 2.24) is 25.3 Å². The molecular formula is C20H27N5O5S. The zero-order chi connectivity index (χ0) is 21.8. The third-order valence-electron chi connectivity index (χ3n) is 5.83. The topological polar surface area (TPSA) is 111 Å². The van der Waals surface area contributed by atoms with Crippen LogP contribution in [0.2, 0.25) is 0 Å². The Labute approximate surface area is 184 Å². The third-order valence-corrected chi connectivity index (χ3v) is 6.69. The largest absolute Gasteiger partial charge is 0.378 e. The van der Waals surface area contributed by atoms with Crippen molar-refractivity contribution in [3.05, 3.63) is 22.4 Å². The van der Waals surface area contributed by atoms with Crippen molar-refractivity contribution in [2.45, 2.75) is 24.9 Å². The molecule has 2 N–H and O–H groups in total. The second kappa shape index (κ2) is 9.65. The summed E-state index contributed by atoms with van der Waals surface area (Å²) in [4.78, 5) is 56.7. The lowest BCUT2D eigenvalue weighted by molar-refractivity contribution is -0.133. The number of carbonyl (C=O) groups is 4. The van der Waals surface area contributed by atoms with Gasteiger partial charge in [-0.25, -0.2) is 4.79 Å². The second-order valence-electron chi connectivity index (χ2n) is 7.81. The summed E-state index contributed by atoms with van der Waals surface area (Å²) in [5.41, 5.74) is 0. The average Bonchev–Trinajstić information content (AvgIpc) is 3.35. The van der Waals surface area contributed by atoms with Gasteiger partial charge in [-0.2, -0.15) is 0 Å². The molecule has 3 aliphatic rings. The third kappa shape index (κ3) is 4.82. The van der Waals surface area contributed by atoms with Crippen molar-refractivity contribution in [3.63, 3.8) is 0 Å². The first kappa shape index (κ1) is 21.6. The number of ether oxygens (including phenoxy) is 1. The van der Waals surface area contributed by atoms with Crippen LogP contribution in [0.15, 0.2) is 17.5 Å². The number of hydrogen-bond acceptors (Lipinski definition) is 6. The first-order chi connectivity index (χ1) is 15.0. The molecule has 3 aliphatic heterocycles. The number of piperazine rings is 1. The maximum absolute atomic E-state index is 13.2. The van der Waals surface area contributed by atoms with Gasteiger partial charge in [0, 0.05) is 32.7 Å². The number of urea groups is 1. The normalized spacial score (nSPS) is 24.5. The van der Waals surface area contributed by atoms with E-state index in [9.17, 15) is 19.2 Å². The molecule has 3 saturated heterocycles. The Morgan fingerprint density at radius 1 is 1.13 bits per heavy atom. The number of hydrogen-bond donors (Lipinski definition) is 2. The lowest BCUT2D eigenvalue weighted by atomic mass is 10.0. The molecule has 11 heteroatoms. The van der Waals surface area contributed by atoms with Crippen LogP contribution >= 0.6 is 11.3 Å². The predicted octanol–water partition coefficient (Wildman–Crippen LogP) is -0.278. The van der Waals surface area contributed by atoms with Crippen LogP contribution in [0.3, 0.4) is 0 Å². The SMILES string of the molecule is O=C1NCCC[C@@H]1NC(=O)[C@H]1CN(C(=O)N2CCOCC2)CCN1C(=O)c1cccs1. The lowest BCUT2D eigenvalue weighted by Crippen LogP contribution is -2.65. The van der Waals surface area contributed by atoms with Crippen LogP contribution in [0.1, 0.15) is 22.5 Å². The smallest absolute Gasteiger partial charge is 0.320 e. The van der Waals surface area contributed by atoms with Crippen LogP contribution in [0, 0.1) is 0 Å². The predicted molar refractivity (Wildman–Crippen MR) is 113 cm³/mol. The highest BCUT2D eigenvalue weighted by atomic mass is 32.1. The zero-order valence-electron chi connectivity index (χ0n) is 17.2. The van der Waals surface area contributed by atoms with E-state index in [0.29, 0.717) is 50.7 Å². The van der Waals surface area contributed by atoms with Gasteiger partial charge in [-0.1, -0.05) is 6.07 Å². The molecule has 0 aromatic carbocycles. The van der Waals surface area contributed by atoms with Crippen LogP contribution in [0.4, 0.5) is 4.79 Å². The van der Waals surface area contributed by atoms with Crippen LogP contribution in [0.25, 0.3) is 0 Å². The quantitative estimate of drug-likeness (QED) is 0.660. The van der Waals surface area contributed by atoms with Crippen molar-refractivity contribution in [2.75, 3.05) is 52.5 Å². The number of nitrogens with one attached hydrogen (secondary N) is 2. The van der Waals surface area contributed by atoms with Crippen molar-refractivity contribution in [2.24, 2.45) is 0 Å². The molecule has 4 heterocycles. The highest BCUT2D eigenvalue weighted by Crippen LogP contribution is 2.19. The number of morpholine rings is 1. The minimum atomic E-state index is -0.858. The Kier molecular flexibility index (Phi) is 6.71. The van der Waals surface area contributed by atoms with Crippen molar-refractivity contribution in [3.8, 4) is 0 Å². The van der Waals surface area contributed by atoms with E-state index in [4.69, 9.17) is 4.74 Å². The Morgan fingerprint density at radius 2 is 1.94 bits per heavy atom. The molecule has 0 radical (unpaired) electrons. The lowest BCUT2D eigenvalue weighted by Gasteiger charge is -2.42. The highest BCUT2D eigenvalue weighted by Gasteiger charge is 2.40. The first-order valence-electron chi connectivity index (χ1n) is 10.6. The number of piperidine rings is 1. The van der Waals surface area contributed by atoms with Crippen LogP contribution in [0.5, 0.6) is 0 Å². The average molecular weight is 450 g/mol. The van der Waals surface area contributed by atoms with E-state index in [1.807, 2.05) is 5.38 Å². The fraction of sp³-hybridized carbons (Fsp3) is 0.600. The summed E-state index contributed by atoms with van der Waals surface area (Å²) in [6.45, 7) is 3.28. The molecule has 3 fully saturated rings. The van der Waals surface area contributed by atoms with E-state index in [2.05, 4.69) is 10.6 Å². The van der Waals surface area contributed by atoms with Gasteiger partial charge in [0.25, 0.3) is 5.91 Å². The minimum Gasteiger partial charge on any atom is -0.378 e. The summed E-state index contributed by atoms with van der Waals surface area (Å²) in [5, 5.41) is 7.36. The van der Waals surface area contributed by atoms with E-state index >= 15 is 0 Å². The molecular weight excluding hydrogens is 422 g/mol. The minimum absolute atomic E-state index is 0.0908. The highest BCUT2D eigenvalue weighted by molar-refractivity contribution is 7.12. The van der Waals surface area contributed by atoms with Crippen molar-refractivity contribution >= 4 is 35.1 Å². The molecule has 1 aromatic rings. The molecule has 31 heavy (non-hydrogen) atoms. The Bertz CT molecular complexity index is 826. The molecule has 0 unspecified atom stereocenters. The molecule has 2 atom stereocenters. The Morgan fingerprint density at radius 3 is 2.65 bits per heavy atom. The molecule has 0 spiro atoms. The van der Waals surface area contributed by atoms with E-state index in [1.54, 1.807) is 21.9 Å². The summed E-state index contributed by atoms with van der Waals surface area (Å²) < 4.78 is 5.31. The Hall–Kier alpha value is -2.66. The van der Waals surface area contributed by atoms with Gasteiger partial charge >= 0.3 is 6.03 Å². The maximum Gasteiger partial charge on any atom is 0.320 e. The van der Waals surface area contributed by atoms with Crippen LogP contribution in [-0.2, 0) is 14.3 Å². The van der Waals surface area contributed by atoms with Gasteiger partial charge in [-0.15, -0.1) is 11.3 Å². The molecule has 0 aliphatic carbocycles. The molecule has 0 saturated carbocycles.